The molecule has 0 aliphatic rings. The van der Waals surface area contributed by atoms with Crippen LogP contribution in [-0.2, 0) is 0 Å². The molecule has 44 valence electrons. The number of rotatable bonds is 0. The van der Waals surface area contributed by atoms with E-state index in [-0.39, 0.29) is 28.4 Å². The molecular weight excluding hydrogens is 180 g/mol. The number of hydrogen-bond acceptors (Lipinski definition) is 2. The van der Waals surface area contributed by atoms with E-state index in [4.69, 9.17) is 9.37 Å². The van der Waals surface area contributed by atoms with Gasteiger partial charge in [0.1, 0.15) is 4.60 Å². The van der Waals surface area contributed by atoms with E-state index in [2.05, 4.69) is 20.9 Å². The summed E-state index contributed by atoms with van der Waals surface area (Å²) in [4.78, 5) is 3.54. The van der Waals surface area contributed by atoms with Gasteiger partial charge in [-0.15, -0.1) is 0 Å². The second-order valence-corrected chi connectivity index (χ2v) is 2.00. The first-order chi connectivity index (χ1) is 5.57. The zero-order valence-electron chi connectivity index (χ0n) is 7.27. The fourth-order valence-electron chi connectivity index (χ4n) is 0.351. The third-order valence-corrected chi connectivity index (χ3v) is 1.05. The molecule has 1 aromatic heterocycles. The number of nitrogens with zero attached hydrogens (tertiary/aromatic N) is 2. The van der Waals surface area contributed by atoms with Crippen molar-refractivity contribution in [3.63, 3.8) is 0 Å². The molecule has 0 amide bonds. The molecule has 3 heteroatoms. The van der Waals surface area contributed by atoms with Crippen LogP contribution < -0.4 is 0 Å². The molecule has 0 unspecified atom stereocenters. The molecule has 1 rings (SSSR count). The highest BCUT2D eigenvalue weighted by Gasteiger charge is 1.88. The molecule has 0 aliphatic heterocycles. The minimum Gasteiger partial charge on any atom is -0.249 e. The average molecular weight is 186 g/mol. The molecule has 0 spiro atoms. The Morgan fingerprint density at radius 2 is 2.67 bits per heavy atom. The summed E-state index contributed by atoms with van der Waals surface area (Å²) < 4.78 is 21.8. The Balaban J connectivity index is 3.56. The molecule has 0 bridgehead atoms. The summed E-state index contributed by atoms with van der Waals surface area (Å²) in [6.45, 7) is 0. The van der Waals surface area contributed by atoms with Crippen LogP contribution in [0.15, 0.2) is 22.9 Å². The Morgan fingerprint density at radius 1 is 1.89 bits per heavy atom. The van der Waals surface area contributed by atoms with Gasteiger partial charge in [-0.3, -0.25) is 0 Å². The number of pyridine rings is 1. The molecule has 0 aromatic carbocycles. The predicted octanol–water partition coefficient (Wildman–Crippen LogP) is 1.72. The molecule has 0 saturated heterocycles. The third-order valence-electron chi connectivity index (χ3n) is 0.675. The van der Waals surface area contributed by atoms with Crippen LogP contribution in [0.5, 0.6) is 0 Å². The lowest BCUT2D eigenvalue weighted by Crippen LogP contribution is -1.75. The Hall–Kier alpha value is -0.880. The van der Waals surface area contributed by atoms with Crippen LogP contribution >= 0.6 is 15.9 Å². The largest absolute Gasteiger partial charge is 0.249 e. The second kappa shape index (κ2) is 2.60. The van der Waals surface area contributed by atoms with Gasteiger partial charge in [-0.1, -0.05) is 0 Å². The van der Waals surface area contributed by atoms with Crippen LogP contribution in [-0.4, -0.2) is 4.98 Å². The first-order valence-corrected chi connectivity index (χ1v) is 2.90. The van der Waals surface area contributed by atoms with Crippen molar-refractivity contribution in [2.45, 2.75) is 0 Å². The molecule has 0 fully saturated rings. The van der Waals surface area contributed by atoms with E-state index >= 15 is 0 Å². The van der Waals surface area contributed by atoms with Crippen molar-refractivity contribution < 1.29 is 4.11 Å². The lowest BCUT2D eigenvalue weighted by atomic mass is 10.3. The molecule has 0 radical (unpaired) electrons. The molecule has 2 nitrogen and oxygen atoms in total. The van der Waals surface area contributed by atoms with E-state index in [0.717, 1.165) is 0 Å². The van der Waals surface area contributed by atoms with Crippen LogP contribution in [0.25, 0.3) is 0 Å². The van der Waals surface area contributed by atoms with Gasteiger partial charge in [0.15, 0.2) is 0 Å². The van der Waals surface area contributed by atoms with Crippen LogP contribution in [0.3, 0.4) is 0 Å². The van der Waals surface area contributed by atoms with Gasteiger partial charge < -0.3 is 0 Å². The van der Waals surface area contributed by atoms with Crippen molar-refractivity contribution in [1.29, 1.82) is 5.26 Å². The number of nitriles is 1. The van der Waals surface area contributed by atoms with Gasteiger partial charge in [-0.2, -0.15) is 5.26 Å². The van der Waals surface area contributed by atoms with Gasteiger partial charge in [0.05, 0.1) is 15.7 Å². The van der Waals surface area contributed by atoms with Gasteiger partial charge in [0.2, 0.25) is 0 Å². The van der Waals surface area contributed by atoms with E-state index in [1.807, 2.05) is 0 Å². The van der Waals surface area contributed by atoms with Gasteiger partial charge in [0.25, 0.3) is 0 Å². The standard InChI is InChI=1S/C6H3BrN2/c7-6-3-5(4-8)1-2-9-6/h1-3H/i1D,2D,3D. The van der Waals surface area contributed by atoms with Gasteiger partial charge in [0, 0.05) is 6.17 Å². The van der Waals surface area contributed by atoms with Crippen LogP contribution in [0.4, 0.5) is 0 Å². The van der Waals surface area contributed by atoms with E-state index < -0.39 is 0 Å². The van der Waals surface area contributed by atoms with Gasteiger partial charge >= 0.3 is 0 Å². The lowest BCUT2D eigenvalue weighted by molar-refractivity contribution is 1.26. The minimum absolute atomic E-state index is 0.123. The zero-order chi connectivity index (χ0) is 9.30. The summed E-state index contributed by atoms with van der Waals surface area (Å²) in [6, 6.07) is 1.24. The maximum atomic E-state index is 8.53. The highest BCUT2D eigenvalue weighted by molar-refractivity contribution is 9.10. The Labute approximate surface area is 65.5 Å². The summed E-state index contributed by atoms with van der Waals surface area (Å²) in [6.07, 6.45) is -0.297. The Kier molecular flexibility index (Phi) is 0.963. The number of hydrogen-bond donors (Lipinski definition) is 0. The predicted molar refractivity (Wildman–Crippen MR) is 36.7 cm³/mol. The van der Waals surface area contributed by atoms with E-state index in [9.17, 15) is 0 Å². The second-order valence-electron chi connectivity index (χ2n) is 1.25. The fraction of sp³-hybridized carbons (Fsp3) is 0. The van der Waals surface area contributed by atoms with Crippen molar-refractivity contribution in [3.05, 3.63) is 28.4 Å². The summed E-state index contributed by atoms with van der Waals surface area (Å²) in [5.41, 5.74) is -0.123. The molecule has 1 heterocycles. The highest BCUT2D eigenvalue weighted by Crippen LogP contribution is 2.05. The maximum Gasteiger partial charge on any atom is 0.107 e. The van der Waals surface area contributed by atoms with E-state index in [0.29, 0.717) is 0 Å². The monoisotopic (exact) mass is 185 g/mol. The molecule has 0 aliphatic carbocycles. The smallest absolute Gasteiger partial charge is 0.107 e. The molecule has 0 atom stereocenters. The normalized spacial score (nSPS) is 13.1. The van der Waals surface area contributed by atoms with Gasteiger partial charge in [-0.05, 0) is 28.0 Å². The summed E-state index contributed by atoms with van der Waals surface area (Å²) in [5, 5.41) is 8.53. The number of halogens is 1. The Bertz CT molecular complexity index is 346. The number of aromatic nitrogens is 1. The molecule has 9 heavy (non-hydrogen) atoms. The third kappa shape index (κ3) is 1.51. The molecule has 0 saturated carbocycles. The zero-order valence-corrected chi connectivity index (χ0v) is 5.86. The van der Waals surface area contributed by atoms with Gasteiger partial charge in [-0.25, -0.2) is 4.98 Å². The topological polar surface area (TPSA) is 36.7 Å². The van der Waals surface area contributed by atoms with Crippen molar-refractivity contribution in [1.82, 2.24) is 4.98 Å². The Morgan fingerprint density at radius 3 is 3.33 bits per heavy atom. The first kappa shape index (κ1) is 3.33. The van der Waals surface area contributed by atoms with Crippen LogP contribution in [0, 0.1) is 11.3 Å². The van der Waals surface area contributed by atoms with Crippen molar-refractivity contribution in [2.75, 3.05) is 0 Å². The van der Waals surface area contributed by atoms with E-state index in [1.54, 1.807) is 6.07 Å². The lowest BCUT2D eigenvalue weighted by Gasteiger charge is -1.86. The molecule has 1 aromatic rings. The average Bonchev–Trinajstić information content (AvgIpc) is 2.02. The highest BCUT2D eigenvalue weighted by atomic mass is 79.9. The molecular formula is C6H3BrN2. The molecule has 0 N–H and O–H groups in total. The summed E-state index contributed by atoms with van der Waals surface area (Å²) in [7, 11) is 0. The summed E-state index contributed by atoms with van der Waals surface area (Å²) >= 11 is 2.92. The maximum absolute atomic E-state index is 8.53. The fourth-order valence-corrected chi connectivity index (χ4v) is 0.638. The van der Waals surface area contributed by atoms with Crippen molar-refractivity contribution in [3.8, 4) is 6.07 Å². The quantitative estimate of drug-likeness (QED) is 0.578. The van der Waals surface area contributed by atoms with E-state index in [1.165, 1.54) is 0 Å². The minimum atomic E-state index is -0.300. The van der Waals surface area contributed by atoms with Crippen molar-refractivity contribution in [2.24, 2.45) is 0 Å². The van der Waals surface area contributed by atoms with Crippen LogP contribution in [0.1, 0.15) is 9.68 Å². The van der Waals surface area contributed by atoms with Crippen molar-refractivity contribution >= 4 is 15.9 Å². The SMILES string of the molecule is [2H]c1nc(Br)c([2H])c(C#N)c1[2H]. The summed E-state index contributed by atoms with van der Waals surface area (Å²) in [5.74, 6) is 0. The van der Waals surface area contributed by atoms with Crippen LogP contribution in [0.2, 0.25) is 0 Å². The first-order valence-electron chi connectivity index (χ1n) is 3.61.